The molecule has 27 heavy (non-hydrogen) atoms. The molecular formula is C24H24O3. The molecule has 0 radical (unpaired) electrons. The molecule has 0 saturated carbocycles. The molecule has 1 unspecified atom stereocenters. The van der Waals surface area contributed by atoms with Crippen LogP contribution >= 0.6 is 0 Å². The Balaban J connectivity index is 1.52. The monoisotopic (exact) mass is 360 g/mol. The number of benzene rings is 3. The summed E-state index contributed by atoms with van der Waals surface area (Å²) in [6.07, 6.45) is 1.12. The fraction of sp³-hybridized carbons (Fsp3) is 0.208. The third-order valence-corrected chi connectivity index (χ3v) is 4.67. The number of ketones is 1. The van der Waals surface area contributed by atoms with Gasteiger partial charge in [0.1, 0.15) is 11.5 Å². The van der Waals surface area contributed by atoms with E-state index >= 15 is 0 Å². The third-order valence-electron chi connectivity index (χ3n) is 4.67. The predicted molar refractivity (Wildman–Crippen MR) is 108 cm³/mol. The van der Waals surface area contributed by atoms with E-state index in [1.54, 1.807) is 24.3 Å². The van der Waals surface area contributed by atoms with Crippen LogP contribution < -0.4 is 9.47 Å². The van der Waals surface area contributed by atoms with Crippen molar-refractivity contribution in [2.75, 3.05) is 6.79 Å². The molecule has 3 rings (SSSR count). The van der Waals surface area contributed by atoms with E-state index in [4.69, 9.17) is 9.47 Å². The van der Waals surface area contributed by atoms with Crippen LogP contribution in [0.5, 0.6) is 11.5 Å². The molecule has 0 amide bonds. The van der Waals surface area contributed by atoms with Crippen molar-refractivity contribution in [3.8, 4) is 11.5 Å². The average Bonchev–Trinajstić information content (AvgIpc) is 2.74. The number of rotatable bonds is 8. The molecule has 3 nitrogen and oxygen atoms in total. The second-order valence-electron chi connectivity index (χ2n) is 6.50. The Morgan fingerprint density at radius 2 is 1.30 bits per heavy atom. The largest absolute Gasteiger partial charge is 0.458 e. The van der Waals surface area contributed by atoms with Gasteiger partial charge in [0.05, 0.1) is 0 Å². The van der Waals surface area contributed by atoms with Crippen molar-refractivity contribution in [1.29, 1.82) is 0 Å². The fourth-order valence-corrected chi connectivity index (χ4v) is 2.75. The molecule has 3 heteroatoms. The van der Waals surface area contributed by atoms with Crippen LogP contribution in [0.1, 0.15) is 47.7 Å². The van der Waals surface area contributed by atoms with Crippen molar-refractivity contribution >= 4 is 5.78 Å². The maximum Gasteiger partial charge on any atom is 0.230 e. The molecule has 138 valence electrons. The highest BCUT2D eigenvalue weighted by atomic mass is 16.7. The van der Waals surface area contributed by atoms with Gasteiger partial charge in [-0.25, -0.2) is 0 Å². The summed E-state index contributed by atoms with van der Waals surface area (Å²) in [6.45, 7) is 4.52. The highest BCUT2D eigenvalue weighted by Crippen LogP contribution is 2.22. The Morgan fingerprint density at radius 3 is 1.85 bits per heavy atom. The lowest BCUT2D eigenvalue weighted by atomic mass is 9.99. The lowest BCUT2D eigenvalue weighted by molar-refractivity contribution is 0.103. The Morgan fingerprint density at radius 1 is 0.778 bits per heavy atom. The van der Waals surface area contributed by atoms with Crippen molar-refractivity contribution < 1.29 is 14.3 Å². The van der Waals surface area contributed by atoms with Crippen molar-refractivity contribution in [3.63, 3.8) is 0 Å². The van der Waals surface area contributed by atoms with Crippen LogP contribution in [0.2, 0.25) is 0 Å². The lowest BCUT2D eigenvalue weighted by Crippen LogP contribution is -2.06. The minimum absolute atomic E-state index is 0.000188. The summed E-state index contributed by atoms with van der Waals surface area (Å²) in [5.74, 6) is 1.99. The zero-order valence-corrected chi connectivity index (χ0v) is 15.7. The summed E-state index contributed by atoms with van der Waals surface area (Å²) < 4.78 is 11.3. The van der Waals surface area contributed by atoms with Crippen LogP contribution in [-0.2, 0) is 0 Å². The van der Waals surface area contributed by atoms with Gasteiger partial charge in [0.2, 0.25) is 6.79 Å². The molecule has 0 fully saturated rings. The molecular weight excluding hydrogens is 336 g/mol. The zero-order valence-electron chi connectivity index (χ0n) is 15.7. The van der Waals surface area contributed by atoms with Gasteiger partial charge in [-0.05, 0) is 54.3 Å². The van der Waals surface area contributed by atoms with E-state index in [-0.39, 0.29) is 12.6 Å². The average molecular weight is 360 g/mol. The van der Waals surface area contributed by atoms with Gasteiger partial charge in [0, 0.05) is 11.1 Å². The van der Waals surface area contributed by atoms with Crippen molar-refractivity contribution in [1.82, 2.24) is 0 Å². The van der Waals surface area contributed by atoms with Gasteiger partial charge in [-0.3, -0.25) is 4.79 Å². The van der Waals surface area contributed by atoms with Gasteiger partial charge in [0.25, 0.3) is 0 Å². The molecule has 3 aromatic rings. The van der Waals surface area contributed by atoms with E-state index in [0.29, 0.717) is 22.8 Å². The molecule has 0 N–H and O–H groups in total. The SMILES string of the molecule is CCC(C)c1ccc(OCOc2ccc(C(=O)c3ccccc3)cc2)cc1. The molecule has 0 aromatic heterocycles. The molecule has 0 aliphatic carbocycles. The highest BCUT2D eigenvalue weighted by molar-refractivity contribution is 6.08. The first kappa shape index (κ1) is 18.7. The molecule has 1 atom stereocenters. The number of carbonyl (C=O) groups excluding carboxylic acids is 1. The fourth-order valence-electron chi connectivity index (χ4n) is 2.75. The predicted octanol–water partition coefficient (Wildman–Crippen LogP) is 5.85. The molecule has 3 aromatic carbocycles. The third kappa shape index (κ3) is 4.98. The van der Waals surface area contributed by atoms with E-state index in [9.17, 15) is 4.79 Å². The van der Waals surface area contributed by atoms with E-state index in [2.05, 4.69) is 26.0 Å². The van der Waals surface area contributed by atoms with Crippen LogP contribution in [-0.4, -0.2) is 12.6 Å². The Bertz CT molecular complexity index is 852. The second kappa shape index (κ2) is 9.04. The summed E-state index contributed by atoms with van der Waals surface area (Å²) in [4.78, 5) is 12.4. The highest BCUT2D eigenvalue weighted by Gasteiger charge is 2.08. The van der Waals surface area contributed by atoms with E-state index in [0.717, 1.165) is 12.2 Å². The number of hydrogen-bond donors (Lipinski definition) is 0. The van der Waals surface area contributed by atoms with Crippen LogP contribution in [0.15, 0.2) is 78.9 Å². The van der Waals surface area contributed by atoms with Gasteiger partial charge in [-0.2, -0.15) is 0 Å². The van der Waals surface area contributed by atoms with Gasteiger partial charge in [0.15, 0.2) is 5.78 Å². The molecule has 0 spiro atoms. The maximum atomic E-state index is 12.4. The van der Waals surface area contributed by atoms with E-state index < -0.39 is 0 Å². The summed E-state index contributed by atoms with van der Waals surface area (Å²) in [6, 6.07) is 24.5. The van der Waals surface area contributed by atoms with Crippen LogP contribution in [0, 0.1) is 0 Å². The second-order valence-corrected chi connectivity index (χ2v) is 6.50. The van der Waals surface area contributed by atoms with Gasteiger partial charge in [-0.15, -0.1) is 0 Å². The van der Waals surface area contributed by atoms with E-state index in [1.807, 2.05) is 42.5 Å². The summed E-state index contributed by atoms with van der Waals surface area (Å²) in [5, 5.41) is 0. The topological polar surface area (TPSA) is 35.5 Å². The van der Waals surface area contributed by atoms with Crippen molar-refractivity contribution in [2.24, 2.45) is 0 Å². The number of carbonyl (C=O) groups is 1. The minimum Gasteiger partial charge on any atom is -0.458 e. The molecule has 0 aliphatic heterocycles. The summed E-state index contributed by atoms with van der Waals surface area (Å²) >= 11 is 0. The van der Waals surface area contributed by atoms with Gasteiger partial charge in [-0.1, -0.05) is 56.3 Å². The summed E-state index contributed by atoms with van der Waals surface area (Å²) in [5.41, 5.74) is 2.62. The smallest absolute Gasteiger partial charge is 0.230 e. The Labute approximate surface area is 160 Å². The maximum absolute atomic E-state index is 12.4. The van der Waals surface area contributed by atoms with Crippen LogP contribution in [0.4, 0.5) is 0 Å². The molecule has 0 heterocycles. The molecule has 0 bridgehead atoms. The van der Waals surface area contributed by atoms with Gasteiger partial charge < -0.3 is 9.47 Å². The first-order valence-corrected chi connectivity index (χ1v) is 9.22. The first-order valence-electron chi connectivity index (χ1n) is 9.22. The normalized spacial score (nSPS) is 11.6. The summed E-state index contributed by atoms with van der Waals surface area (Å²) in [7, 11) is 0. The van der Waals surface area contributed by atoms with Crippen molar-refractivity contribution in [2.45, 2.75) is 26.2 Å². The Hall–Kier alpha value is -3.07. The van der Waals surface area contributed by atoms with E-state index in [1.165, 1.54) is 5.56 Å². The van der Waals surface area contributed by atoms with Crippen molar-refractivity contribution in [3.05, 3.63) is 95.6 Å². The zero-order chi connectivity index (χ0) is 19.1. The first-order chi connectivity index (χ1) is 13.2. The van der Waals surface area contributed by atoms with Crippen LogP contribution in [0.25, 0.3) is 0 Å². The standard InChI is InChI=1S/C24H24O3/c1-3-18(2)19-9-13-22(14-10-19)26-17-27-23-15-11-21(12-16-23)24(25)20-7-5-4-6-8-20/h4-16,18H,3,17H2,1-2H3. The molecule has 0 aliphatic rings. The van der Waals surface area contributed by atoms with Gasteiger partial charge >= 0.3 is 0 Å². The number of hydrogen-bond acceptors (Lipinski definition) is 3. The van der Waals surface area contributed by atoms with Crippen LogP contribution in [0.3, 0.4) is 0 Å². The lowest BCUT2D eigenvalue weighted by Gasteiger charge is -2.11. The number of ether oxygens (including phenoxy) is 2. The quantitative estimate of drug-likeness (QED) is 0.373. The Kier molecular flexibility index (Phi) is 6.26. The molecule has 0 saturated heterocycles. The minimum atomic E-state index is -0.000188.